The van der Waals surface area contributed by atoms with Crippen LogP contribution in [0.2, 0.25) is 0 Å². The molecule has 1 aliphatic heterocycles. The van der Waals surface area contributed by atoms with Gasteiger partial charge in [0.25, 0.3) is 5.91 Å². The lowest BCUT2D eigenvalue weighted by Gasteiger charge is -2.19. The topological polar surface area (TPSA) is 96.8 Å². The van der Waals surface area contributed by atoms with Gasteiger partial charge >= 0.3 is 5.97 Å². The van der Waals surface area contributed by atoms with Crippen LogP contribution in [-0.2, 0) is 22.6 Å². The zero-order chi connectivity index (χ0) is 23.6. The maximum Gasteiger partial charge on any atom is 0.323 e. The highest BCUT2D eigenvalue weighted by atomic mass is 32.2. The van der Waals surface area contributed by atoms with Crippen LogP contribution in [0.1, 0.15) is 23.8 Å². The minimum Gasteiger partial charge on any atom is -0.480 e. The zero-order valence-electron chi connectivity index (χ0n) is 18.0. The van der Waals surface area contributed by atoms with E-state index in [9.17, 15) is 14.7 Å². The predicted molar refractivity (Wildman–Crippen MR) is 133 cm³/mol. The molecule has 1 aliphatic rings. The Hall–Kier alpha value is -2.94. The molecular formula is C25H24N2O4S2. The van der Waals surface area contributed by atoms with Crippen LogP contribution in [0.4, 0.5) is 0 Å². The molecule has 3 aromatic rings. The second kappa shape index (κ2) is 9.51. The van der Waals surface area contributed by atoms with Crippen molar-refractivity contribution in [1.82, 2.24) is 4.90 Å². The molecule has 1 amide bonds. The fraction of sp³-hybridized carbons (Fsp3) is 0.200. The lowest BCUT2D eigenvalue weighted by atomic mass is 9.93. The van der Waals surface area contributed by atoms with Gasteiger partial charge in [0.1, 0.15) is 21.8 Å². The van der Waals surface area contributed by atoms with E-state index in [0.29, 0.717) is 23.0 Å². The average molecular weight is 481 g/mol. The van der Waals surface area contributed by atoms with Crippen LogP contribution in [0.15, 0.2) is 76.1 Å². The Morgan fingerprint density at radius 2 is 1.85 bits per heavy atom. The molecule has 6 nitrogen and oxygen atoms in total. The summed E-state index contributed by atoms with van der Waals surface area (Å²) < 4.78 is 5.68. The molecule has 4 rings (SSSR count). The maximum atomic E-state index is 12.9. The number of hydrogen-bond donors (Lipinski definition) is 3. The smallest absolute Gasteiger partial charge is 0.323 e. The van der Waals surface area contributed by atoms with Gasteiger partial charge in [0, 0.05) is 24.6 Å². The summed E-state index contributed by atoms with van der Waals surface area (Å²) in [5.74, 6) is 0.114. The summed E-state index contributed by atoms with van der Waals surface area (Å²) in [5, 5.41) is 9.20. The SMILES string of the molecule is C[C@@](N)(Cc1ccc(-c2ccc(/C=C3\S[C@@H](S)N(Cc4ccccc4)C3=O)o2)cc1)C(=O)O. The van der Waals surface area contributed by atoms with Gasteiger partial charge in [-0.3, -0.25) is 9.59 Å². The number of thioether (sulfide) groups is 1. The van der Waals surface area contributed by atoms with Crippen molar-refractivity contribution in [3.05, 3.63) is 88.5 Å². The molecule has 2 atom stereocenters. The molecule has 0 unspecified atom stereocenters. The number of carboxylic acid groups (broad SMARTS) is 1. The second-order valence-electron chi connectivity index (χ2n) is 8.17. The van der Waals surface area contributed by atoms with E-state index in [1.54, 1.807) is 11.0 Å². The number of nitrogens with zero attached hydrogens (tertiary/aromatic N) is 1. The lowest BCUT2D eigenvalue weighted by Crippen LogP contribution is -2.46. The van der Waals surface area contributed by atoms with Crippen molar-refractivity contribution >= 4 is 42.3 Å². The minimum absolute atomic E-state index is 0.0746. The molecular weight excluding hydrogens is 456 g/mol. The number of nitrogens with two attached hydrogens (primary N) is 1. The highest BCUT2D eigenvalue weighted by Crippen LogP contribution is 2.39. The lowest BCUT2D eigenvalue weighted by molar-refractivity contribution is -0.142. The minimum atomic E-state index is -1.32. The van der Waals surface area contributed by atoms with Crippen LogP contribution >= 0.6 is 24.4 Å². The number of carbonyl (C=O) groups excluding carboxylic acids is 1. The number of rotatable bonds is 7. The van der Waals surface area contributed by atoms with Crippen LogP contribution < -0.4 is 5.73 Å². The van der Waals surface area contributed by atoms with Crippen molar-refractivity contribution in [2.24, 2.45) is 5.73 Å². The highest BCUT2D eigenvalue weighted by molar-refractivity contribution is 8.14. The number of furan rings is 1. The molecule has 0 bridgehead atoms. The van der Waals surface area contributed by atoms with E-state index >= 15 is 0 Å². The fourth-order valence-electron chi connectivity index (χ4n) is 3.50. The van der Waals surface area contributed by atoms with Crippen LogP contribution in [0.25, 0.3) is 17.4 Å². The van der Waals surface area contributed by atoms with Crippen molar-refractivity contribution < 1.29 is 19.1 Å². The predicted octanol–water partition coefficient (Wildman–Crippen LogP) is 4.62. The number of thiol groups is 1. The molecule has 2 heterocycles. The van der Waals surface area contributed by atoms with E-state index in [1.807, 2.05) is 66.7 Å². The quantitative estimate of drug-likeness (QED) is 0.337. The molecule has 33 heavy (non-hydrogen) atoms. The van der Waals surface area contributed by atoms with Gasteiger partial charge in [0.2, 0.25) is 0 Å². The molecule has 170 valence electrons. The molecule has 8 heteroatoms. The van der Waals surface area contributed by atoms with E-state index in [-0.39, 0.29) is 17.0 Å². The fourth-order valence-corrected chi connectivity index (χ4v) is 4.95. The summed E-state index contributed by atoms with van der Waals surface area (Å²) in [6.07, 6.45) is 1.97. The normalized spacial score (nSPS) is 19.1. The number of carboxylic acids is 1. The van der Waals surface area contributed by atoms with Crippen molar-refractivity contribution in [1.29, 1.82) is 0 Å². The number of carbonyl (C=O) groups is 2. The molecule has 0 aliphatic carbocycles. The van der Waals surface area contributed by atoms with Crippen LogP contribution in [0.3, 0.4) is 0 Å². The van der Waals surface area contributed by atoms with Crippen LogP contribution in [-0.4, -0.2) is 32.1 Å². The Morgan fingerprint density at radius 3 is 2.52 bits per heavy atom. The zero-order valence-corrected chi connectivity index (χ0v) is 19.7. The van der Waals surface area contributed by atoms with Gasteiger partial charge in [-0.15, -0.1) is 12.6 Å². The molecule has 3 N–H and O–H groups in total. The third kappa shape index (κ3) is 5.35. The van der Waals surface area contributed by atoms with Gasteiger partial charge in [0.15, 0.2) is 0 Å². The van der Waals surface area contributed by atoms with Crippen molar-refractivity contribution in [2.75, 3.05) is 0 Å². The van der Waals surface area contributed by atoms with Gasteiger partial charge in [-0.05, 0) is 30.2 Å². The Morgan fingerprint density at radius 1 is 1.15 bits per heavy atom. The summed E-state index contributed by atoms with van der Waals surface area (Å²) in [4.78, 5) is 26.4. The maximum absolute atomic E-state index is 12.9. The Bertz CT molecular complexity index is 1190. The first kappa shape index (κ1) is 23.2. The summed E-state index contributed by atoms with van der Waals surface area (Å²) in [6, 6.07) is 20.9. The average Bonchev–Trinajstić information content (AvgIpc) is 3.35. The molecule has 2 aromatic carbocycles. The van der Waals surface area contributed by atoms with Crippen LogP contribution in [0.5, 0.6) is 0 Å². The monoisotopic (exact) mass is 480 g/mol. The first-order valence-electron chi connectivity index (χ1n) is 10.4. The van der Waals surface area contributed by atoms with Crippen molar-refractivity contribution in [3.63, 3.8) is 0 Å². The van der Waals surface area contributed by atoms with E-state index in [1.165, 1.54) is 18.7 Å². The van der Waals surface area contributed by atoms with Crippen molar-refractivity contribution in [3.8, 4) is 11.3 Å². The van der Waals surface area contributed by atoms with Gasteiger partial charge in [-0.2, -0.15) is 0 Å². The van der Waals surface area contributed by atoms with Gasteiger partial charge < -0.3 is 20.2 Å². The van der Waals surface area contributed by atoms with Gasteiger partial charge in [0.05, 0.1) is 4.91 Å². The van der Waals surface area contributed by atoms with Crippen LogP contribution in [0, 0.1) is 0 Å². The van der Waals surface area contributed by atoms with E-state index in [2.05, 4.69) is 12.6 Å². The number of hydrogen-bond acceptors (Lipinski definition) is 6. The van der Waals surface area contributed by atoms with Gasteiger partial charge in [-0.1, -0.05) is 66.4 Å². The number of aliphatic carboxylic acids is 1. The third-order valence-electron chi connectivity index (χ3n) is 5.36. The summed E-state index contributed by atoms with van der Waals surface area (Å²) in [6.45, 7) is 1.99. The molecule has 0 saturated carbocycles. The molecule has 1 saturated heterocycles. The highest BCUT2D eigenvalue weighted by Gasteiger charge is 2.34. The second-order valence-corrected chi connectivity index (χ2v) is 10.1. The molecule has 1 fully saturated rings. The molecule has 0 radical (unpaired) electrons. The van der Waals surface area contributed by atoms with E-state index in [0.717, 1.165) is 16.7 Å². The number of amides is 1. The summed E-state index contributed by atoms with van der Waals surface area (Å²) in [7, 11) is 0. The largest absolute Gasteiger partial charge is 0.480 e. The Kier molecular flexibility index (Phi) is 6.69. The first-order chi connectivity index (χ1) is 15.7. The molecule has 1 aromatic heterocycles. The van der Waals surface area contributed by atoms with Crippen molar-refractivity contribution in [2.45, 2.75) is 30.1 Å². The Labute approximate surface area is 201 Å². The first-order valence-corrected chi connectivity index (χ1v) is 11.8. The number of benzene rings is 2. The summed E-state index contributed by atoms with van der Waals surface area (Å²) in [5.41, 5.74) is 7.23. The third-order valence-corrected chi connectivity index (χ3v) is 6.97. The molecule has 0 spiro atoms. The summed E-state index contributed by atoms with van der Waals surface area (Å²) >= 11 is 5.96. The Balaban J connectivity index is 1.46. The standard InChI is InChI=1S/C25H24N2O4S2/c1-25(26,23(29)30)14-16-7-9-18(10-8-16)20-12-11-19(31-20)13-21-22(28)27(24(32)33-21)15-17-5-3-2-4-6-17/h2-13,24,32H,14-15,26H2,1H3,(H,29,30)/b21-13-/t24-,25-/m1/s1. The van der Waals surface area contributed by atoms with E-state index in [4.69, 9.17) is 10.2 Å². The van der Waals surface area contributed by atoms with E-state index < -0.39 is 11.5 Å². The van der Waals surface area contributed by atoms with Gasteiger partial charge in [-0.25, -0.2) is 0 Å².